The average Bonchev–Trinajstić information content (AvgIpc) is 2.41. The number of nitrogens with one attached hydrogen (secondary N) is 2. The highest BCUT2D eigenvalue weighted by Crippen LogP contribution is 2.02. The molecule has 0 aliphatic rings. The largest absolute Gasteiger partial charge is 0.619 e. The van der Waals surface area contributed by atoms with Gasteiger partial charge in [0.2, 0.25) is 0 Å². The van der Waals surface area contributed by atoms with Crippen molar-refractivity contribution in [1.29, 1.82) is 0 Å². The Kier molecular flexibility index (Phi) is 5.78. The molecule has 0 spiro atoms. The van der Waals surface area contributed by atoms with Crippen molar-refractivity contribution in [2.75, 3.05) is 13.1 Å². The van der Waals surface area contributed by atoms with Crippen molar-refractivity contribution in [2.24, 2.45) is 0 Å². The zero-order chi connectivity index (χ0) is 14.3. The minimum absolute atomic E-state index is 0.188. The second kappa shape index (κ2) is 7.35. The molecule has 0 aliphatic heterocycles. The van der Waals surface area contributed by atoms with Crippen LogP contribution in [-0.2, 0) is 0 Å². The molecule has 0 bridgehead atoms. The molecule has 6 nitrogen and oxygen atoms in total. The van der Waals surface area contributed by atoms with Gasteiger partial charge in [0, 0.05) is 13.1 Å². The highest BCUT2D eigenvalue weighted by atomic mass is 16.5. The van der Waals surface area contributed by atoms with E-state index >= 15 is 0 Å². The van der Waals surface area contributed by atoms with Crippen molar-refractivity contribution < 1.29 is 14.3 Å². The summed E-state index contributed by atoms with van der Waals surface area (Å²) in [6.45, 7) is 4.93. The summed E-state index contributed by atoms with van der Waals surface area (Å²) in [7, 11) is 0. The molecule has 0 unspecified atom stereocenters. The van der Waals surface area contributed by atoms with Gasteiger partial charge in [-0.05, 0) is 18.9 Å². The maximum Gasteiger partial charge on any atom is 0.257 e. The highest BCUT2D eigenvalue weighted by molar-refractivity contribution is 5.98. The van der Waals surface area contributed by atoms with Crippen LogP contribution >= 0.6 is 0 Å². The number of hydrogen-bond donors (Lipinski definition) is 2. The molecule has 1 aromatic rings. The van der Waals surface area contributed by atoms with Gasteiger partial charge in [-0.25, -0.2) is 0 Å². The second-order valence-electron chi connectivity index (χ2n) is 4.18. The van der Waals surface area contributed by atoms with E-state index in [4.69, 9.17) is 0 Å². The number of aromatic nitrogens is 1. The molecule has 0 saturated heterocycles. The van der Waals surface area contributed by atoms with Crippen LogP contribution in [0.15, 0.2) is 18.5 Å². The maximum atomic E-state index is 11.7. The van der Waals surface area contributed by atoms with Crippen molar-refractivity contribution in [2.45, 2.75) is 26.7 Å². The summed E-state index contributed by atoms with van der Waals surface area (Å²) in [5.74, 6) is -0.701. The van der Waals surface area contributed by atoms with E-state index in [-0.39, 0.29) is 22.9 Å². The van der Waals surface area contributed by atoms with Gasteiger partial charge in [0.25, 0.3) is 11.8 Å². The first-order chi connectivity index (χ1) is 9.08. The molecule has 0 radical (unpaired) electrons. The number of carbonyl (C=O) groups excluding carboxylic acids is 2. The normalized spacial score (nSPS) is 10.0. The topological polar surface area (TPSA) is 85.1 Å². The Morgan fingerprint density at radius 3 is 1.84 bits per heavy atom. The van der Waals surface area contributed by atoms with Gasteiger partial charge in [0.1, 0.15) is 11.1 Å². The van der Waals surface area contributed by atoms with E-state index in [0.29, 0.717) is 17.8 Å². The molecule has 19 heavy (non-hydrogen) atoms. The van der Waals surface area contributed by atoms with Crippen LogP contribution in [0.25, 0.3) is 0 Å². The summed E-state index contributed by atoms with van der Waals surface area (Å²) in [5.41, 5.74) is 0.375. The third-order valence-electron chi connectivity index (χ3n) is 2.44. The van der Waals surface area contributed by atoms with E-state index < -0.39 is 0 Å². The Bertz CT molecular complexity index is 422. The first-order valence-electron chi connectivity index (χ1n) is 6.38. The Balaban J connectivity index is 2.87. The van der Waals surface area contributed by atoms with Gasteiger partial charge >= 0.3 is 0 Å². The average molecular weight is 265 g/mol. The van der Waals surface area contributed by atoms with Crippen LogP contribution in [0.1, 0.15) is 47.4 Å². The van der Waals surface area contributed by atoms with E-state index in [9.17, 15) is 14.8 Å². The molecule has 0 aromatic carbocycles. The van der Waals surface area contributed by atoms with Gasteiger partial charge in [-0.15, -0.1) is 0 Å². The Morgan fingerprint density at radius 2 is 1.47 bits per heavy atom. The van der Waals surface area contributed by atoms with Crippen LogP contribution in [0.3, 0.4) is 0 Å². The van der Waals surface area contributed by atoms with Crippen LogP contribution < -0.4 is 15.4 Å². The van der Waals surface area contributed by atoms with E-state index in [2.05, 4.69) is 10.6 Å². The first-order valence-corrected chi connectivity index (χ1v) is 6.38. The zero-order valence-electron chi connectivity index (χ0n) is 11.2. The monoisotopic (exact) mass is 265 g/mol. The van der Waals surface area contributed by atoms with Crippen molar-refractivity contribution in [3.63, 3.8) is 0 Å². The smallest absolute Gasteiger partial charge is 0.257 e. The van der Waals surface area contributed by atoms with Gasteiger partial charge in [-0.1, -0.05) is 13.8 Å². The molecular weight excluding hydrogens is 246 g/mol. The number of rotatable bonds is 6. The molecule has 1 rings (SSSR count). The van der Waals surface area contributed by atoms with Crippen LogP contribution in [0.4, 0.5) is 0 Å². The Hall–Kier alpha value is -2.11. The highest BCUT2D eigenvalue weighted by Gasteiger charge is 2.15. The third-order valence-corrected chi connectivity index (χ3v) is 2.44. The number of hydrogen-bond acceptors (Lipinski definition) is 3. The fraction of sp³-hybridized carbons (Fsp3) is 0.462. The second-order valence-corrected chi connectivity index (χ2v) is 4.18. The lowest BCUT2D eigenvalue weighted by Crippen LogP contribution is -2.34. The molecule has 0 fully saturated rings. The fourth-order valence-corrected chi connectivity index (χ4v) is 1.48. The molecular formula is C13H19N3O3. The lowest BCUT2D eigenvalue weighted by molar-refractivity contribution is -0.605. The van der Waals surface area contributed by atoms with Gasteiger partial charge in [0.15, 0.2) is 12.4 Å². The molecule has 1 aromatic heterocycles. The van der Waals surface area contributed by atoms with E-state index in [1.54, 1.807) is 0 Å². The molecule has 0 atom stereocenters. The van der Waals surface area contributed by atoms with Crippen LogP contribution in [0.5, 0.6) is 0 Å². The molecule has 1 heterocycles. The Labute approximate surface area is 112 Å². The SMILES string of the molecule is CCCNC(=O)c1cc(C(=O)NCCC)c[n+]([O-])c1. The molecule has 2 amide bonds. The number of nitrogens with zero attached hydrogens (tertiary/aromatic N) is 1. The summed E-state index contributed by atoms with van der Waals surface area (Å²) < 4.78 is 0.474. The molecule has 0 saturated carbocycles. The minimum atomic E-state index is -0.350. The molecule has 0 aliphatic carbocycles. The molecule has 2 N–H and O–H groups in total. The molecule has 104 valence electrons. The standard InChI is InChI=1S/C13H19N3O3/c1-3-5-14-12(17)10-7-11(9-16(19)8-10)13(18)15-6-4-2/h7-9H,3-6H2,1-2H3,(H,14,17)(H,15,18). The lowest BCUT2D eigenvalue weighted by atomic mass is 10.2. The van der Waals surface area contributed by atoms with Crippen LogP contribution in [0, 0.1) is 5.21 Å². The third kappa shape index (κ3) is 4.57. The summed E-state index contributed by atoms with van der Waals surface area (Å²) in [4.78, 5) is 23.5. The summed E-state index contributed by atoms with van der Waals surface area (Å²) in [5, 5.41) is 16.7. The number of amides is 2. The van der Waals surface area contributed by atoms with Crippen molar-refractivity contribution in [3.8, 4) is 0 Å². The summed E-state index contributed by atoms with van der Waals surface area (Å²) >= 11 is 0. The lowest BCUT2D eigenvalue weighted by Gasteiger charge is -2.07. The number of pyridine rings is 1. The zero-order valence-corrected chi connectivity index (χ0v) is 11.2. The summed E-state index contributed by atoms with van der Waals surface area (Å²) in [6.07, 6.45) is 3.92. The van der Waals surface area contributed by atoms with E-state index in [1.165, 1.54) is 6.07 Å². The van der Waals surface area contributed by atoms with E-state index in [1.807, 2.05) is 13.8 Å². The molecule has 6 heteroatoms. The Morgan fingerprint density at radius 1 is 1.05 bits per heavy atom. The maximum absolute atomic E-state index is 11.7. The number of carbonyl (C=O) groups is 2. The fourth-order valence-electron chi connectivity index (χ4n) is 1.48. The predicted molar refractivity (Wildman–Crippen MR) is 70.7 cm³/mol. The van der Waals surface area contributed by atoms with Crippen LogP contribution in [-0.4, -0.2) is 24.9 Å². The van der Waals surface area contributed by atoms with Gasteiger partial charge in [-0.2, -0.15) is 4.73 Å². The van der Waals surface area contributed by atoms with Crippen LogP contribution in [0.2, 0.25) is 0 Å². The van der Waals surface area contributed by atoms with Crippen molar-refractivity contribution >= 4 is 11.8 Å². The minimum Gasteiger partial charge on any atom is -0.619 e. The van der Waals surface area contributed by atoms with Gasteiger partial charge < -0.3 is 15.8 Å². The quantitative estimate of drug-likeness (QED) is 0.583. The predicted octanol–water partition coefficient (Wildman–Crippen LogP) is 0.600. The first kappa shape index (κ1) is 14.9. The van der Waals surface area contributed by atoms with Gasteiger partial charge in [0.05, 0.1) is 0 Å². The van der Waals surface area contributed by atoms with Crippen molar-refractivity contribution in [3.05, 3.63) is 34.8 Å². The van der Waals surface area contributed by atoms with Gasteiger partial charge in [-0.3, -0.25) is 9.59 Å². The van der Waals surface area contributed by atoms with Crippen molar-refractivity contribution in [1.82, 2.24) is 10.6 Å². The summed E-state index contributed by atoms with van der Waals surface area (Å²) in [6, 6.07) is 1.42. The van der Waals surface area contributed by atoms with E-state index in [0.717, 1.165) is 25.2 Å².